The Morgan fingerprint density at radius 1 is 1.24 bits per heavy atom. The number of anilines is 2. The number of carbonyl (C=O) groups excluding carboxylic acids is 1. The van der Waals surface area contributed by atoms with Crippen LogP contribution in [0.5, 0.6) is 0 Å². The first-order valence-electron chi connectivity index (χ1n) is 6.64. The van der Waals surface area contributed by atoms with Crippen molar-refractivity contribution >= 4 is 27.3 Å². The summed E-state index contributed by atoms with van der Waals surface area (Å²) >= 11 is 0. The standard InChI is InChI=1S/C13H20N4O3S/c1-15-13(18)10-3-4-11(14)12(9-10)16-5-7-17(8-6-16)21(2,19)20/h3-4,9H,5-8,14H2,1-2H3,(H,15,18). The van der Waals surface area contributed by atoms with Gasteiger partial charge in [0.15, 0.2) is 0 Å². The molecule has 1 aliphatic heterocycles. The molecule has 1 saturated heterocycles. The van der Waals surface area contributed by atoms with Gasteiger partial charge >= 0.3 is 0 Å². The zero-order valence-corrected chi connectivity index (χ0v) is 13.0. The third-order valence-corrected chi connectivity index (χ3v) is 4.87. The number of nitrogen functional groups attached to an aromatic ring is 1. The lowest BCUT2D eigenvalue weighted by molar-refractivity contribution is 0.0963. The van der Waals surface area contributed by atoms with Crippen LogP contribution >= 0.6 is 0 Å². The van der Waals surface area contributed by atoms with Gasteiger partial charge in [-0.25, -0.2) is 8.42 Å². The van der Waals surface area contributed by atoms with Crippen molar-refractivity contribution in [2.24, 2.45) is 0 Å². The SMILES string of the molecule is CNC(=O)c1ccc(N)c(N2CCN(S(C)(=O)=O)CC2)c1. The molecule has 1 aromatic carbocycles. The molecular weight excluding hydrogens is 292 g/mol. The van der Waals surface area contributed by atoms with Crippen molar-refractivity contribution in [3.8, 4) is 0 Å². The Balaban J connectivity index is 2.18. The fourth-order valence-corrected chi connectivity index (χ4v) is 3.19. The van der Waals surface area contributed by atoms with Crippen LogP contribution < -0.4 is 16.0 Å². The highest BCUT2D eigenvalue weighted by molar-refractivity contribution is 7.88. The number of rotatable bonds is 3. The molecule has 1 aromatic rings. The van der Waals surface area contributed by atoms with Crippen molar-refractivity contribution in [1.82, 2.24) is 9.62 Å². The van der Waals surface area contributed by atoms with Gasteiger partial charge in [-0.1, -0.05) is 0 Å². The van der Waals surface area contributed by atoms with Crippen LogP contribution in [0.3, 0.4) is 0 Å². The fourth-order valence-electron chi connectivity index (χ4n) is 2.36. The molecular formula is C13H20N4O3S. The lowest BCUT2D eigenvalue weighted by Gasteiger charge is -2.35. The number of piperazine rings is 1. The molecule has 0 atom stereocenters. The largest absolute Gasteiger partial charge is 0.397 e. The summed E-state index contributed by atoms with van der Waals surface area (Å²) < 4.78 is 24.5. The third-order valence-electron chi connectivity index (χ3n) is 3.57. The lowest BCUT2D eigenvalue weighted by atomic mass is 10.1. The topological polar surface area (TPSA) is 95.7 Å². The van der Waals surface area contributed by atoms with E-state index in [2.05, 4.69) is 5.32 Å². The van der Waals surface area contributed by atoms with Crippen LogP contribution in [-0.2, 0) is 10.0 Å². The van der Waals surface area contributed by atoms with E-state index in [0.29, 0.717) is 37.4 Å². The van der Waals surface area contributed by atoms with Gasteiger partial charge < -0.3 is 16.0 Å². The van der Waals surface area contributed by atoms with E-state index in [1.54, 1.807) is 25.2 Å². The summed E-state index contributed by atoms with van der Waals surface area (Å²) in [6.07, 6.45) is 1.21. The Hall–Kier alpha value is -1.80. The first-order chi connectivity index (χ1) is 9.82. The van der Waals surface area contributed by atoms with Gasteiger partial charge in [0.25, 0.3) is 5.91 Å². The number of hydrogen-bond donors (Lipinski definition) is 2. The van der Waals surface area contributed by atoms with Gasteiger partial charge in [0.05, 0.1) is 17.6 Å². The van der Waals surface area contributed by atoms with E-state index in [0.717, 1.165) is 5.69 Å². The first kappa shape index (κ1) is 15.6. The third kappa shape index (κ3) is 3.45. The number of nitrogens with zero attached hydrogens (tertiary/aromatic N) is 2. The molecule has 1 heterocycles. The molecule has 0 bridgehead atoms. The number of carbonyl (C=O) groups is 1. The molecule has 0 radical (unpaired) electrons. The molecule has 7 nitrogen and oxygen atoms in total. The van der Waals surface area contributed by atoms with Crippen molar-refractivity contribution in [1.29, 1.82) is 0 Å². The average molecular weight is 312 g/mol. The van der Waals surface area contributed by atoms with Gasteiger partial charge in [-0.15, -0.1) is 0 Å². The summed E-state index contributed by atoms with van der Waals surface area (Å²) in [4.78, 5) is 13.7. The van der Waals surface area contributed by atoms with E-state index in [4.69, 9.17) is 5.73 Å². The molecule has 8 heteroatoms. The summed E-state index contributed by atoms with van der Waals surface area (Å²) in [5.41, 5.74) is 7.86. The Bertz CT molecular complexity index is 637. The van der Waals surface area contributed by atoms with E-state index < -0.39 is 10.0 Å². The highest BCUT2D eigenvalue weighted by Gasteiger charge is 2.24. The Morgan fingerprint density at radius 2 is 1.86 bits per heavy atom. The maximum atomic E-state index is 11.7. The van der Waals surface area contributed by atoms with Crippen LogP contribution in [0.15, 0.2) is 18.2 Å². The monoisotopic (exact) mass is 312 g/mol. The van der Waals surface area contributed by atoms with E-state index in [1.165, 1.54) is 10.6 Å². The quantitative estimate of drug-likeness (QED) is 0.748. The van der Waals surface area contributed by atoms with Gasteiger partial charge in [0, 0.05) is 38.8 Å². The predicted octanol–water partition coefficient (Wildman–Crippen LogP) is -0.290. The number of nitrogens with two attached hydrogens (primary N) is 1. The Morgan fingerprint density at radius 3 is 2.38 bits per heavy atom. The second-order valence-corrected chi connectivity index (χ2v) is 6.98. The van der Waals surface area contributed by atoms with Crippen molar-refractivity contribution < 1.29 is 13.2 Å². The molecule has 0 saturated carbocycles. The molecule has 21 heavy (non-hydrogen) atoms. The number of nitrogens with one attached hydrogen (secondary N) is 1. The van der Waals surface area contributed by atoms with Crippen LogP contribution in [-0.4, -0.2) is 58.1 Å². The summed E-state index contributed by atoms with van der Waals surface area (Å²) in [6, 6.07) is 5.11. The number of amides is 1. The minimum Gasteiger partial charge on any atom is -0.397 e. The highest BCUT2D eigenvalue weighted by Crippen LogP contribution is 2.26. The van der Waals surface area contributed by atoms with Crippen LogP contribution in [0.25, 0.3) is 0 Å². The zero-order valence-electron chi connectivity index (χ0n) is 12.2. The van der Waals surface area contributed by atoms with E-state index in [9.17, 15) is 13.2 Å². The molecule has 1 amide bonds. The van der Waals surface area contributed by atoms with Gasteiger partial charge in [-0.2, -0.15) is 4.31 Å². The van der Waals surface area contributed by atoms with Crippen LogP contribution in [0, 0.1) is 0 Å². The molecule has 1 fully saturated rings. The predicted molar refractivity (Wildman–Crippen MR) is 82.9 cm³/mol. The van der Waals surface area contributed by atoms with Crippen LogP contribution in [0.4, 0.5) is 11.4 Å². The molecule has 0 aliphatic carbocycles. The lowest BCUT2D eigenvalue weighted by Crippen LogP contribution is -2.48. The molecule has 3 N–H and O–H groups in total. The van der Waals surface area contributed by atoms with Crippen LogP contribution in [0.2, 0.25) is 0 Å². The maximum Gasteiger partial charge on any atom is 0.251 e. The summed E-state index contributed by atoms with van der Waals surface area (Å²) in [5, 5.41) is 2.57. The Kier molecular flexibility index (Phi) is 4.38. The maximum absolute atomic E-state index is 11.7. The number of hydrogen-bond acceptors (Lipinski definition) is 5. The normalized spacial score (nSPS) is 16.8. The van der Waals surface area contributed by atoms with Gasteiger partial charge in [0.1, 0.15) is 0 Å². The van der Waals surface area contributed by atoms with Crippen molar-refractivity contribution in [2.75, 3.05) is 50.1 Å². The van der Waals surface area contributed by atoms with Gasteiger partial charge in [0.2, 0.25) is 10.0 Å². The van der Waals surface area contributed by atoms with Gasteiger partial charge in [-0.3, -0.25) is 4.79 Å². The van der Waals surface area contributed by atoms with Crippen molar-refractivity contribution in [3.05, 3.63) is 23.8 Å². The number of benzene rings is 1. The molecule has 2 rings (SSSR count). The second kappa shape index (κ2) is 5.90. The summed E-state index contributed by atoms with van der Waals surface area (Å²) in [7, 11) is -1.58. The first-order valence-corrected chi connectivity index (χ1v) is 8.49. The number of sulfonamides is 1. The summed E-state index contributed by atoms with van der Waals surface area (Å²) in [5.74, 6) is -0.175. The minimum atomic E-state index is -3.16. The Labute approximate surface area is 124 Å². The molecule has 0 spiro atoms. The van der Waals surface area contributed by atoms with Crippen molar-refractivity contribution in [3.63, 3.8) is 0 Å². The zero-order chi connectivity index (χ0) is 15.6. The van der Waals surface area contributed by atoms with Crippen LogP contribution in [0.1, 0.15) is 10.4 Å². The molecule has 116 valence electrons. The van der Waals surface area contributed by atoms with E-state index in [1.807, 2.05) is 4.90 Å². The second-order valence-electron chi connectivity index (χ2n) is 5.00. The van der Waals surface area contributed by atoms with Crippen molar-refractivity contribution in [2.45, 2.75) is 0 Å². The smallest absolute Gasteiger partial charge is 0.251 e. The minimum absolute atomic E-state index is 0.175. The highest BCUT2D eigenvalue weighted by atomic mass is 32.2. The van der Waals surface area contributed by atoms with Gasteiger partial charge in [-0.05, 0) is 18.2 Å². The molecule has 1 aliphatic rings. The fraction of sp³-hybridized carbons (Fsp3) is 0.462. The van der Waals surface area contributed by atoms with E-state index >= 15 is 0 Å². The average Bonchev–Trinajstić information content (AvgIpc) is 2.46. The molecule has 0 aromatic heterocycles. The molecule has 0 unspecified atom stereocenters. The van der Waals surface area contributed by atoms with E-state index in [-0.39, 0.29) is 5.91 Å². The summed E-state index contributed by atoms with van der Waals surface area (Å²) in [6.45, 7) is 1.94.